The first-order chi connectivity index (χ1) is 9.56. The summed E-state index contributed by atoms with van der Waals surface area (Å²) in [5.41, 5.74) is 3.79. The summed E-state index contributed by atoms with van der Waals surface area (Å²) in [5.74, 6) is -0.191. The Morgan fingerprint density at radius 1 is 1.25 bits per heavy atom. The van der Waals surface area contributed by atoms with Crippen molar-refractivity contribution in [3.63, 3.8) is 0 Å². The summed E-state index contributed by atoms with van der Waals surface area (Å²) in [6.07, 6.45) is 1.17. The fraction of sp³-hybridized carbons (Fsp3) is 0.562. The Bertz CT molecular complexity index is 432. The standard InChI is InChI=1S/C16H25NO3/c1-12-5-6-14(9-13(12)2)10-15(11-16(18)20-4)17-7-8-19-3/h5-6,9,15,17H,7-8,10-11H2,1-4H3. The fourth-order valence-electron chi connectivity index (χ4n) is 2.08. The van der Waals surface area contributed by atoms with Crippen LogP contribution in [0.1, 0.15) is 23.1 Å². The molecule has 0 aliphatic rings. The molecule has 0 radical (unpaired) electrons. The maximum Gasteiger partial charge on any atom is 0.307 e. The average molecular weight is 279 g/mol. The Hall–Kier alpha value is -1.39. The van der Waals surface area contributed by atoms with Crippen LogP contribution in [0.5, 0.6) is 0 Å². The lowest BCUT2D eigenvalue weighted by Crippen LogP contribution is -2.35. The molecule has 4 heteroatoms. The van der Waals surface area contributed by atoms with Crippen molar-refractivity contribution in [2.24, 2.45) is 0 Å². The number of rotatable bonds is 8. The van der Waals surface area contributed by atoms with Crippen LogP contribution in [0, 0.1) is 13.8 Å². The van der Waals surface area contributed by atoms with E-state index in [0.29, 0.717) is 13.0 Å². The number of esters is 1. The highest BCUT2D eigenvalue weighted by molar-refractivity contribution is 5.70. The van der Waals surface area contributed by atoms with Crippen molar-refractivity contribution in [3.8, 4) is 0 Å². The lowest BCUT2D eigenvalue weighted by atomic mass is 9.99. The topological polar surface area (TPSA) is 47.6 Å². The lowest BCUT2D eigenvalue weighted by molar-refractivity contribution is -0.141. The molecule has 1 aromatic rings. The van der Waals surface area contributed by atoms with Gasteiger partial charge in [0.05, 0.1) is 20.1 Å². The van der Waals surface area contributed by atoms with Gasteiger partial charge in [-0.2, -0.15) is 0 Å². The molecule has 4 nitrogen and oxygen atoms in total. The molecule has 1 rings (SSSR count). The molecular formula is C16H25NO3. The van der Waals surface area contributed by atoms with Crippen molar-refractivity contribution in [1.82, 2.24) is 5.32 Å². The predicted molar refractivity (Wildman–Crippen MR) is 79.9 cm³/mol. The zero-order chi connectivity index (χ0) is 15.0. The number of hydrogen-bond donors (Lipinski definition) is 1. The van der Waals surface area contributed by atoms with E-state index in [1.807, 2.05) is 0 Å². The van der Waals surface area contributed by atoms with E-state index in [9.17, 15) is 4.79 Å². The van der Waals surface area contributed by atoms with Gasteiger partial charge in [-0.1, -0.05) is 18.2 Å². The Balaban J connectivity index is 2.66. The summed E-state index contributed by atoms with van der Waals surface area (Å²) in [6.45, 7) is 5.56. The number of aryl methyl sites for hydroxylation is 2. The maximum atomic E-state index is 11.5. The number of nitrogens with one attached hydrogen (secondary N) is 1. The van der Waals surface area contributed by atoms with E-state index in [1.165, 1.54) is 23.8 Å². The van der Waals surface area contributed by atoms with Crippen molar-refractivity contribution < 1.29 is 14.3 Å². The summed E-state index contributed by atoms with van der Waals surface area (Å²) in [6, 6.07) is 6.48. The zero-order valence-electron chi connectivity index (χ0n) is 12.9. The van der Waals surface area contributed by atoms with Crippen LogP contribution in [0.2, 0.25) is 0 Å². The molecule has 0 saturated heterocycles. The predicted octanol–water partition coefficient (Wildman–Crippen LogP) is 2.01. The first-order valence-electron chi connectivity index (χ1n) is 6.92. The van der Waals surface area contributed by atoms with Gasteiger partial charge in [-0.3, -0.25) is 4.79 Å². The van der Waals surface area contributed by atoms with E-state index >= 15 is 0 Å². The molecule has 0 fully saturated rings. The van der Waals surface area contributed by atoms with Crippen LogP contribution >= 0.6 is 0 Å². The minimum absolute atomic E-state index is 0.0692. The van der Waals surface area contributed by atoms with Crippen molar-refractivity contribution >= 4 is 5.97 Å². The molecule has 0 aliphatic heterocycles. The number of benzene rings is 1. The highest BCUT2D eigenvalue weighted by Crippen LogP contribution is 2.13. The van der Waals surface area contributed by atoms with E-state index in [-0.39, 0.29) is 12.0 Å². The molecule has 20 heavy (non-hydrogen) atoms. The van der Waals surface area contributed by atoms with Crippen LogP contribution in [0.3, 0.4) is 0 Å². The van der Waals surface area contributed by atoms with E-state index in [2.05, 4.69) is 37.4 Å². The van der Waals surface area contributed by atoms with E-state index in [1.54, 1.807) is 7.11 Å². The number of hydrogen-bond acceptors (Lipinski definition) is 4. The second kappa shape index (κ2) is 8.72. The molecule has 1 atom stereocenters. The van der Waals surface area contributed by atoms with Crippen LogP contribution in [-0.2, 0) is 20.7 Å². The molecule has 0 saturated carbocycles. The molecule has 1 N–H and O–H groups in total. The van der Waals surface area contributed by atoms with Crippen LogP contribution in [0.4, 0.5) is 0 Å². The summed E-state index contributed by atoms with van der Waals surface area (Å²) >= 11 is 0. The van der Waals surface area contributed by atoms with Crippen molar-refractivity contribution in [3.05, 3.63) is 34.9 Å². The van der Waals surface area contributed by atoms with Crippen LogP contribution in [0.25, 0.3) is 0 Å². The normalized spacial score (nSPS) is 12.2. The van der Waals surface area contributed by atoms with Crippen LogP contribution < -0.4 is 5.32 Å². The molecule has 0 bridgehead atoms. The first-order valence-corrected chi connectivity index (χ1v) is 6.92. The highest BCUT2D eigenvalue weighted by atomic mass is 16.5. The van der Waals surface area contributed by atoms with Crippen molar-refractivity contribution in [1.29, 1.82) is 0 Å². The number of carbonyl (C=O) groups excluding carboxylic acids is 1. The fourth-order valence-corrected chi connectivity index (χ4v) is 2.08. The van der Waals surface area contributed by atoms with Gasteiger partial charge in [0.15, 0.2) is 0 Å². The third kappa shape index (κ3) is 5.72. The zero-order valence-corrected chi connectivity index (χ0v) is 12.9. The third-order valence-corrected chi connectivity index (χ3v) is 3.43. The minimum atomic E-state index is -0.191. The van der Waals surface area contributed by atoms with Crippen LogP contribution in [0.15, 0.2) is 18.2 Å². The smallest absolute Gasteiger partial charge is 0.307 e. The lowest BCUT2D eigenvalue weighted by Gasteiger charge is -2.18. The van der Waals surface area contributed by atoms with Gasteiger partial charge in [-0.15, -0.1) is 0 Å². The summed E-state index contributed by atoms with van der Waals surface area (Å²) in [5, 5.41) is 3.34. The third-order valence-electron chi connectivity index (χ3n) is 3.43. The first kappa shape index (κ1) is 16.7. The van der Waals surface area contributed by atoms with Gasteiger partial charge in [-0.25, -0.2) is 0 Å². The second-order valence-corrected chi connectivity index (χ2v) is 5.05. The number of methoxy groups -OCH3 is 2. The minimum Gasteiger partial charge on any atom is -0.469 e. The SMILES string of the molecule is COCCNC(CC(=O)OC)Cc1ccc(C)c(C)c1. The van der Waals surface area contributed by atoms with E-state index in [4.69, 9.17) is 9.47 Å². The van der Waals surface area contributed by atoms with Gasteiger partial charge in [0.2, 0.25) is 0 Å². The highest BCUT2D eigenvalue weighted by Gasteiger charge is 2.14. The molecule has 0 heterocycles. The summed E-state index contributed by atoms with van der Waals surface area (Å²) in [7, 11) is 3.09. The summed E-state index contributed by atoms with van der Waals surface area (Å²) < 4.78 is 9.79. The van der Waals surface area contributed by atoms with Gasteiger partial charge < -0.3 is 14.8 Å². The molecular weight excluding hydrogens is 254 g/mol. The van der Waals surface area contributed by atoms with E-state index < -0.39 is 0 Å². The van der Waals surface area contributed by atoms with Crippen molar-refractivity contribution in [2.45, 2.75) is 32.7 Å². The molecule has 1 unspecified atom stereocenters. The Morgan fingerprint density at radius 3 is 2.60 bits per heavy atom. The second-order valence-electron chi connectivity index (χ2n) is 5.05. The van der Waals surface area contributed by atoms with Crippen LogP contribution in [-0.4, -0.2) is 39.4 Å². The molecule has 0 spiro atoms. The van der Waals surface area contributed by atoms with Gasteiger partial charge >= 0.3 is 5.97 Å². The van der Waals surface area contributed by atoms with Gasteiger partial charge in [0, 0.05) is 19.7 Å². The quantitative estimate of drug-likeness (QED) is 0.584. The van der Waals surface area contributed by atoms with Crippen molar-refractivity contribution in [2.75, 3.05) is 27.4 Å². The number of carbonyl (C=O) groups is 1. The average Bonchev–Trinajstić information content (AvgIpc) is 2.43. The molecule has 0 amide bonds. The number of ether oxygens (including phenoxy) is 2. The van der Waals surface area contributed by atoms with E-state index in [0.717, 1.165) is 13.0 Å². The Labute approximate surface area is 121 Å². The van der Waals surface area contributed by atoms with Gasteiger partial charge in [0.25, 0.3) is 0 Å². The Kier molecular flexibility index (Phi) is 7.26. The summed E-state index contributed by atoms with van der Waals surface area (Å²) in [4.78, 5) is 11.5. The Morgan fingerprint density at radius 2 is 2.00 bits per heavy atom. The largest absolute Gasteiger partial charge is 0.469 e. The van der Waals surface area contributed by atoms with Gasteiger partial charge in [-0.05, 0) is 37.0 Å². The maximum absolute atomic E-state index is 11.5. The van der Waals surface area contributed by atoms with Gasteiger partial charge in [0.1, 0.15) is 0 Å². The molecule has 0 aromatic heterocycles. The monoisotopic (exact) mass is 279 g/mol. The molecule has 0 aliphatic carbocycles. The molecule has 1 aromatic carbocycles. The molecule has 112 valence electrons.